The summed E-state index contributed by atoms with van der Waals surface area (Å²) in [7, 11) is 2.09. The number of hydrogen-bond donors (Lipinski definition) is 1. The quantitative estimate of drug-likeness (QED) is 0.797. The van der Waals surface area contributed by atoms with Gasteiger partial charge in [-0.25, -0.2) is 0 Å². The van der Waals surface area contributed by atoms with Crippen LogP contribution in [0.25, 0.3) is 10.9 Å². The number of rotatable bonds is 2. The summed E-state index contributed by atoms with van der Waals surface area (Å²) < 4.78 is 2.18. The molecule has 1 unspecified atom stereocenters. The van der Waals surface area contributed by atoms with E-state index in [1.54, 1.807) is 0 Å². The lowest BCUT2D eigenvalue weighted by molar-refractivity contribution is 0.774. The lowest BCUT2D eigenvalue weighted by atomic mass is 10.0. The van der Waals surface area contributed by atoms with Gasteiger partial charge >= 0.3 is 0 Å². The zero-order chi connectivity index (χ0) is 11.0. The molecule has 2 nitrogen and oxygen atoms in total. The van der Waals surface area contributed by atoms with Crippen molar-refractivity contribution in [2.75, 3.05) is 6.54 Å². The van der Waals surface area contributed by atoms with Gasteiger partial charge in [-0.1, -0.05) is 19.1 Å². The van der Waals surface area contributed by atoms with E-state index >= 15 is 0 Å². The molecular weight excluding hydrogens is 184 g/mol. The Morgan fingerprint density at radius 2 is 2.13 bits per heavy atom. The van der Waals surface area contributed by atoms with Gasteiger partial charge in [-0.3, -0.25) is 0 Å². The lowest BCUT2D eigenvalue weighted by Crippen LogP contribution is -2.08. The minimum Gasteiger partial charge on any atom is -0.350 e. The molecule has 2 rings (SSSR count). The maximum Gasteiger partial charge on any atom is 0.0483 e. The van der Waals surface area contributed by atoms with Crippen molar-refractivity contribution in [3.8, 4) is 0 Å². The summed E-state index contributed by atoms with van der Waals surface area (Å²) in [4.78, 5) is 0. The second kappa shape index (κ2) is 3.70. The van der Waals surface area contributed by atoms with Crippen LogP contribution in [0.4, 0.5) is 0 Å². The van der Waals surface area contributed by atoms with Crippen LogP contribution in [0.5, 0.6) is 0 Å². The largest absolute Gasteiger partial charge is 0.350 e. The summed E-state index contributed by atoms with van der Waals surface area (Å²) in [6.45, 7) is 5.00. The molecule has 0 aliphatic rings. The van der Waals surface area contributed by atoms with Gasteiger partial charge in [0.05, 0.1) is 0 Å². The first-order valence-electron chi connectivity index (χ1n) is 5.39. The fraction of sp³-hybridized carbons (Fsp3) is 0.385. The summed E-state index contributed by atoms with van der Waals surface area (Å²) in [5.74, 6) is 0.427. The fourth-order valence-corrected chi connectivity index (χ4v) is 2.04. The number of aryl methyl sites for hydroxylation is 2. The summed E-state index contributed by atoms with van der Waals surface area (Å²) in [6.07, 6.45) is 2.20. The second-order valence-electron chi connectivity index (χ2n) is 4.35. The minimum absolute atomic E-state index is 0.427. The van der Waals surface area contributed by atoms with Crippen LogP contribution >= 0.6 is 0 Å². The Hall–Kier alpha value is -1.28. The van der Waals surface area contributed by atoms with E-state index < -0.39 is 0 Å². The third kappa shape index (κ3) is 1.65. The Bertz CT molecular complexity index is 482. The molecule has 0 spiro atoms. The maximum absolute atomic E-state index is 5.72. The van der Waals surface area contributed by atoms with Gasteiger partial charge in [0.15, 0.2) is 0 Å². The molecule has 0 saturated heterocycles. The van der Waals surface area contributed by atoms with E-state index in [0.717, 1.165) is 0 Å². The first-order chi connectivity index (χ1) is 7.13. The SMILES string of the molecule is Cc1ccc2c(C(C)CN)cn(C)c2c1. The number of benzene rings is 1. The van der Waals surface area contributed by atoms with Gasteiger partial charge in [-0.05, 0) is 36.6 Å². The molecule has 0 aliphatic carbocycles. The molecule has 80 valence electrons. The predicted octanol–water partition coefficient (Wildman–Crippen LogP) is 2.55. The highest BCUT2D eigenvalue weighted by atomic mass is 14.9. The Balaban J connectivity index is 2.68. The number of fused-ring (bicyclic) bond motifs is 1. The Kier molecular flexibility index (Phi) is 2.53. The summed E-state index contributed by atoms with van der Waals surface area (Å²) >= 11 is 0. The average Bonchev–Trinajstić information content (AvgIpc) is 2.55. The van der Waals surface area contributed by atoms with Gasteiger partial charge in [0.25, 0.3) is 0 Å². The van der Waals surface area contributed by atoms with Crippen molar-refractivity contribution < 1.29 is 0 Å². The van der Waals surface area contributed by atoms with Crippen molar-refractivity contribution in [3.05, 3.63) is 35.5 Å². The molecule has 2 heteroatoms. The normalized spacial score (nSPS) is 13.3. The molecule has 1 atom stereocenters. The van der Waals surface area contributed by atoms with E-state index in [2.05, 4.69) is 49.9 Å². The van der Waals surface area contributed by atoms with Crippen molar-refractivity contribution in [1.82, 2.24) is 4.57 Å². The van der Waals surface area contributed by atoms with Crippen molar-refractivity contribution in [3.63, 3.8) is 0 Å². The third-order valence-electron chi connectivity index (χ3n) is 3.06. The van der Waals surface area contributed by atoms with Crippen LogP contribution in [-0.2, 0) is 7.05 Å². The first kappa shape index (κ1) is 10.2. The summed E-state index contributed by atoms with van der Waals surface area (Å²) in [6, 6.07) is 6.59. The van der Waals surface area contributed by atoms with Crippen molar-refractivity contribution >= 4 is 10.9 Å². The molecule has 0 bridgehead atoms. The molecule has 0 amide bonds. The third-order valence-corrected chi connectivity index (χ3v) is 3.06. The standard InChI is InChI=1S/C13H18N2/c1-9-4-5-11-12(10(2)7-14)8-15(3)13(11)6-9/h4-6,8,10H,7,14H2,1-3H3. The molecule has 0 aliphatic heterocycles. The molecule has 0 saturated carbocycles. The average molecular weight is 202 g/mol. The fourth-order valence-electron chi connectivity index (χ4n) is 2.04. The molecule has 2 aromatic rings. The Morgan fingerprint density at radius 1 is 1.40 bits per heavy atom. The van der Waals surface area contributed by atoms with Crippen LogP contribution in [0, 0.1) is 6.92 Å². The van der Waals surface area contributed by atoms with E-state index in [9.17, 15) is 0 Å². The molecule has 1 aromatic heterocycles. The van der Waals surface area contributed by atoms with E-state index in [0.29, 0.717) is 12.5 Å². The first-order valence-corrected chi connectivity index (χ1v) is 5.39. The molecule has 1 heterocycles. The van der Waals surface area contributed by atoms with Crippen LogP contribution in [-0.4, -0.2) is 11.1 Å². The van der Waals surface area contributed by atoms with E-state index in [-0.39, 0.29) is 0 Å². The van der Waals surface area contributed by atoms with Crippen LogP contribution in [0.3, 0.4) is 0 Å². The molecule has 15 heavy (non-hydrogen) atoms. The van der Waals surface area contributed by atoms with Gasteiger partial charge in [-0.2, -0.15) is 0 Å². The van der Waals surface area contributed by atoms with Crippen LogP contribution in [0.2, 0.25) is 0 Å². The van der Waals surface area contributed by atoms with E-state index in [4.69, 9.17) is 5.73 Å². The van der Waals surface area contributed by atoms with Gasteiger partial charge in [0.2, 0.25) is 0 Å². The van der Waals surface area contributed by atoms with Crippen LogP contribution < -0.4 is 5.73 Å². The number of nitrogens with two attached hydrogens (primary N) is 1. The topological polar surface area (TPSA) is 30.9 Å². The molecule has 0 fully saturated rings. The number of aromatic nitrogens is 1. The lowest BCUT2D eigenvalue weighted by Gasteiger charge is -2.06. The summed E-state index contributed by atoms with van der Waals surface area (Å²) in [5.41, 5.74) is 9.68. The highest BCUT2D eigenvalue weighted by Gasteiger charge is 2.11. The van der Waals surface area contributed by atoms with Crippen molar-refractivity contribution in [2.24, 2.45) is 12.8 Å². The van der Waals surface area contributed by atoms with Gasteiger partial charge in [0, 0.05) is 24.1 Å². The summed E-state index contributed by atoms with van der Waals surface area (Å²) in [5, 5.41) is 1.33. The second-order valence-corrected chi connectivity index (χ2v) is 4.35. The molecule has 0 radical (unpaired) electrons. The van der Waals surface area contributed by atoms with Crippen LogP contribution in [0.15, 0.2) is 24.4 Å². The van der Waals surface area contributed by atoms with E-state index in [1.165, 1.54) is 22.0 Å². The van der Waals surface area contributed by atoms with Crippen LogP contribution in [0.1, 0.15) is 24.0 Å². The highest BCUT2D eigenvalue weighted by Crippen LogP contribution is 2.27. The molecule has 2 N–H and O–H groups in total. The van der Waals surface area contributed by atoms with E-state index in [1.807, 2.05) is 0 Å². The van der Waals surface area contributed by atoms with Gasteiger partial charge < -0.3 is 10.3 Å². The minimum atomic E-state index is 0.427. The maximum atomic E-state index is 5.72. The zero-order valence-corrected chi connectivity index (χ0v) is 9.62. The Labute approximate surface area is 90.7 Å². The molecular formula is C13H18N2. The monoisotopic (exact) mass is 202 g/mol. The molecule has 1 aromatic carbocycles. The highest BCUT2D eigenvalue weighted by molar-refractivity contribution is 5.85. The number of hydrogen-bond acceptors (Lipinski definition) is 1. The van der Waals surface area contributed by atoms with Gasteiger partial charge in [0.1, 0.15) is 0 Å². The van der Waals surface area contributed by atoms with Gasteiger partial charge in [-0.15, -0.1) is 0 Å². The zero-order valence-electron chi connectivity index (χ0n) is 9.62. The number of nitrogens with zero attached hydrogens (tertiary/aromatic N) is 1. The van der Waals surface area contributed by atoms with Crippen molar-refractivity contribution in [1.29, 1.82) is 0 Å². The predicted molar refractivity (Wildman–Crippen MR) is 65.1 cm³/mol. The smallest absolute Gasteiger partial charge is 0.0483 e. The Morgan fingerprint density at radius 3 is 2.80 bits per heavy atom. The van der Waals surface area contributed by atoms with Crippen molar-refractivity contribution in [2.45, 2.75) is 19.8 Å².